The van der Waals surface area contributed by atoms with Crippen molar-refractivity contribution >= 4 is 27.4 Å². The number of non-ortho nitro benzene ring substituents is 1. The molecular weight excluding hydrogens is 321 g/mol. The number of ether oxygens (including phenoxy) is 1. The first-order chi connectivity index (χ1) is 9.48. The van der Waals surface area contributed by atoms with E-state index in [1.807, 2.05) is 0 Å². The Morgan fingerprint density at radius 2 is 1.90 bits per heavy atom. The molecule has 12 heteroatoms. The number of carbonyl (C=O) groups is 1. The number of rotatable bonds is 4. The molecule has 0 aliphatic rings. The zero-order chi connectivity index (χ0) is 16.4. The highest BCUT2D eigenvalue weighted by molar-refractivity contribution is 7.93. The van der Waals surface area contributed by atoms with Crippen molar-refractivity contribution in [3.63, 3.8) is 0 Å². The van der Waals surface area contributed by atoms with Gasteiger partial charge >= 0.3 is 21.5 Å². The van der Waals surface area contributed by atoms with Gasteiger partial charge in [0.2, 0.25) is 0 Å². The summed E-state index contributed by atoms with van der Waals surface area (Å²) >= 11 is 0. The van der Waals surface area contributed by atoms with Gasteiger partial charge in [-0.15, -0.1) is 0 Å². The normalized spacial score (nSPS) is 11.8. The van der Waals surface area contributed by atoms with E-state index in [4.69, 9.17) is 0 Å². The minimum atomic E-state index is -5.77. The highest BCUT2D eigenvalue weighted by Gasteiger charge is 2.46. The Morgan fingerprint density at radius 3 is 2.33 bits per heavy atom. The fraction of sp³-hybridized carbons (Fsp3) is 0.222. The van der Waals surface area contributed by atoms with Gasteiger partial charge in [0.1, 0.15) is 0 Å². The molecule has 1 N–H and O–H groups in total. The second kappa shape index (κ2) is 5.55. The number of hydrogen-bond donors (Lipinski definition) is 1. The standard InChI is InChI=1S/C9H7F3N2O6S/c1-20-8(15)5-2-6(4-7(3-5)14(16)17)13-21(18,19)9(10,11)12/h2-4,13H,1H3. The topological polar surface area (TPSA) is 116 Å². The van der Waals surface area contributed by atoms with Crippen LogP contribution in [-0.4, -0.2) is 31.9 Å². The molecule has 0 saturated carbocycles. The molecule has 21 heavy (non-hydrogen) atoms. The van der Waals surface area contributed by atoms with E-state index in [2.05, 4.69) is 4.74 Å². The lowest BCUT2D eigenvalue weighted by molar-refractivity contribution is -0.384. The zero-order valence-electron chi connectivity index (χ0n) is 10.2. The van der Waals surface area contributed by atoms with Crippen molar-refractivity contribution in [3.05, 3.63) is 33.9 Å². The molecule has 1 aromatic rings. The van der Waals surface area contributed by atoms with Crippen molar-refractivity contribution in [2.75, 3.05) is 11.8 Å². The molecule has 0 heterocycles. The molecule has 0 aromatic heterocycles. The first kappa shape index (κ1) is 16.7. The quantitative estimate of drug-likeness (QED) is 0.510. The van der Waals surface area contributed by atoms with Crippen LogP contribution in [-0.2, 0) is 14.8 Å². The summed E-state index contributed by atoms with van der Waals surface area (Å²) < 4.78 is 63.9. The average Bonchev–Trinajstić information content (AvgIpc) is 2.35. The molecule has 116 valence electrons. The van der Waals surface area contributed by atoms with Crippen LogP contribution in [0.15, 0.2) is 18.2 Å². The van der Waals surface area contributed by atoms with Gasteiger partial charge in [0.05, 0.1) is 23.3 Å². The molecule has 1 rings (SSSR count). The summed E-state index contributed by atoms with van der Waals surface area (Å²) in [6.07, 6.45) is 0. The third-order valence-electron chi connectivity index (χ3n) is 2.11. The minimum absolute atomic E-state index is 0.480. The second-order valence-electron chi connectivity index (χ2n) is 3.57. The summed E-state index contributed by atoms with van der Waals surface area (Å²) in [6.45, 7) is 0. The number of nitrogens with zero attached hydrogens (tertiary/aromatic N) is 1. The Kier molecular flexibility index (Phi) is 4.41. The third-order valence-corrected chi connectivity index (χ3v) is 3.22. The van der Waals surface area contributed by atoms with E-state index in [0.717, 1.165) is 17.9 Å². The van der Waals surface area contributed by atoms with Gasteiger partial charge in [-0.2, -0.15) is 21.6 Å². The summed E-state index contributed by atoms with van der Waals surface area (Å²) in [5.74, 6) is -1.08. The fourth-order valence-electron chi connectivity index (χ4n) is 1.22. The number of halogens is 3. The fourth-order valence-corrected chi connectivity index (χ4v) is 1.77. The van der Waals surface area contributed by atoms with Gasteiger partial charge in [-0.1, -0.05) is 0 Å². The number of carbonyl (C=O) groups excluding carboxylic acids is 1. The number of methoxy groups -OCH3 is 1. The Morgan fingerprint density at radius 1 is 1.33 bits per heavy atom. The summed E-state index contributed by atoms with van der Waals surface area (Å²) in [6, 6.07) is 1.95. The van der Waals surface area contributed by atoms with Crippen molar-refractivity contribution in [3.8, 4) is 0 Å². The summed E-state index contributed by atoms with van der Waals surface area (Å²) in [5.41, 5.74) is -7.66. The van der Waals surface area contributed by atoms with Crippen LogP contribution < -0.4 is 4.72 Å². The first-order valence-electron chi connectivity index (χ1n) is 4.95. The predicted octanol–water partition coefficient (Wildman–Crippen LogP) is 1.64. The van der Waals surface area contributed by atoms with E-state index in [-0.39, 0.29) is 0 Å². The number of nitrogens with one attached hydrogen (secondary N) is 1. The molecule has 0 aliphatic carbocycles. The van der Waals surface area contributed by atoms with Crippen molar-refractivity contribution in [2.24, 2.45) is 0 Å². The number of alkyl halides is 3. The highest BCUT2D eigenvalue weighted by Crippen LogP contribution is 2.28. The zero-order valence-corrected chi connectivity index (χ0v) is 11.0. The van der Waals surface area contributed by atoms with Gasteiger partial charge in [-0.3, -0.25) is 14.8 Å². The summed E-state index contributed by atoms with van der Waals surface area (Å²) in [5, 5.41) is 10.6. The van der Waals surface area contributed by atoms with E-state index in [1.54, 1.807) is 0 Å². The van der Waals surface area contributed by atoms with Crippen molar-refractivity contribution in [1.29, 1.82) is 0 Å². The maximum absolute atomic E-state index is 12.2. The maximum atomic E-state index is 12.2. The van der Waals surface area contributed by atoms with E-state index in [9.17, 15) is 36.5 Å². The van der Waals surface area contributed by atoms with Crippen LogP contribution in [0.25, 0.3) is 0 Å². The van der Waals surface area contributed by atoms with Gasteiger partial charge in [0.15, 0.2) is 0 Å². The van der Waals surface area contributed by atoms with E-state index in [1.165, 1.54) is 0 Å². The first-order valence-corrected chi connectivity index (χ1v) is 6.43. The van der Waals surface area contributed by atoms with Crippen LogP contribution in [0.2, 0.25) is 0 Å². The molecule has 0 fully saturated rings. The summed E-state index contributed by atoms with van der Waals surface area (Å²) in [7, 11) is -4.82. The monoisotopic (exact) mass is 328 g/mol. The van der Waals surface area contributed by atoms with Crippen molar-refractivity contribution in [1.82, 2.24) is 0 Å². The Bertz CT molecular complexity index is 685. The molecule has 1 aromatic carbocycles. The van der Waals surface area contributed by atoms with Gasteiger partial charge in [-0.05, 0) is 6.07 Å². The van der Waals surface area contributed by atoms with Crippen molar-refractivity contribution in [2.45, 2.75) is 5.51 Å². The molecule has 0 amide bonds. The van der Waals surface area contributed by atoms with Crippen LogP contribution in [0.5, 0.6) is 0 Å². The summed E-state index contributed by atoms with van der Waals surface area (Å²) in [4.78, 5) is 20.9. The Labute approximate surface area is 115 Å². The number of hydrogen-bond acceptors (Lipinski definition) is 6. The van der Waals surface area contributed by atoms with Gasteiger partial charge < -0.3 is 4.74 Å². The molecule has 0 spiro atoms. The number of benzene rings is 1. The van der Waals surface area contributed by atoms with Gasteiger partial charge in [0, 0.05) is 12.1 Å². The third kappa shape index (κ3) is 3.81. The number of sulfonamides is 1. The number of nitro groups is 1. The van der Waals surface area contributed by atoms with Crippen LogP contribution in [0.1, 0.15) is 10.4 Å². The lowest BCUT2D eigenvalue weighted by atomic mass is 10.2. The molecule has 8 nitrogen and oxygen atoms in total. The van der Waals surface area contributed by atoms with Gasteiger partial charge in [0.25, 0.3) is 5.69 Å². The van der Waals surface area contributed by atoms with Crippen LogP contribution >= 0.6 is 0 Å². The molecule has 0 saturated heterocycles. The van der Waals surface area contributed by atoms with E-state index < -0.39 is 43.4 Å². The SMILES string of the molecule is COC(=O)c1cc(NS(=O)(=O)C(F)(F)F)cc([N+](=O)[O-])c1. The Hall–Kier alpha value is -2.37. The Balaban J connectivity index is 3.34. The van der Waals surface area contributed by atoms with Crippen molar-refractivity contribution < 1.29 is 36.0 Å². The van der Waals surface area contributed by atoms with Crippen LogP contribution in [0.4, 0.5) is 24.5 Å². The van der Waals surface area contributed by atoms with E-state index >= 15 is 0 Å². The van der Waals surface area contributed by atoms with Crippen LogP contribution in [0, 0.1) is 10.1 Å². The smallest absolute Gasteiger partial charge is 0.465 e. The minimum Gasteiger partial charge on any atom is -0.465 e. The lowest BCUT2D eigenvalue weighted by Crippen LogP contribution is -2.30. The molecular formula is C9H7F3N2O6S. The highest BCUT2D eigenvalue weighted by atomic mass is 32.2. The predicted molar refractivity (Wildman–Crippen MR) is 63.0 cm³/mol. The maximum Gasteiger partial charge on any atom is 0.516 e. The number of esters is 1. The van der Waals surface area contributed by atoms with Crippen LogP contribution in [0.3, 0.4) is 0 Å². The molecule has 0 aliphatic heterocycles. The molecule has 0 bridgehead atoms. The number of nitro benzene ring substituents is 1. The van der Waals surface area contributed by atoms with E-state index in [0.29, 0.717) is 12.1 Å². The average molecular weight is 328 g/mol. The molecule has 0 unspecified atom stereocenters. The van der Waals surface area contributed by atoms with Gasteiger partial charge in [-0.25, -0.2) is 4.79 Å². The number of anilines is 1. The second-order valence-corrected chi connectivity index (χ2v) is 5.24. The molecule has 0 radical (unpaired) electrons. The lowest BCUT2D eigenvalue weighted by Gasteiger charge is -2.11. The molecule has 0 atom stereocenters. The largest absolute Gasteiger partial charge is 0.516 e.